The van der Waals surface area contributed by atoms with Crippen molar-refractivity contribution in [3.8, 4) is 17.2 Å². The van der Waals surface area contributed by atoms with Crippen LogP contribution in [0, 0.1) is 18.3 Å². The molecule has 0 spiro atoms. The maximum atomic E-state index is 12.6. The van der Waals surface area contributed by atoms with E-state index in [0.717, 1.165) is 54.3 Å². The van der Waals surface area contributed by atoms with E-state index in [1.54, 1.807) is 12.1 Å². The predicted octanol–water partition coefficient (Wildman–Crippen LogP) is 4.40. The Kier molecular flexibility index (Phi) is 7.55. The Labute approximate surface area is 214 Å². The molecule has 4 rings (SSSR count). The van der Waals surface area contributed by atoms with E-state index in [1.165, 1.54) is 0 Å². The van der Waals surface area contributed by atoms with E-state index in [2.05, 4.69) is 29.5 Å². The van der Waals surface area contributed by atoms with Crippen molar-refractivity contribution in [2.75, 3.05) is 35.5 Å². The lowest BCUT2D eigenvalue weighted by molar-refractivity contribution is -0.133. The van der Waals surface area contributed by atoms with Gasteiger partial charge in [0.15, 0.2) is 0 Å². The number of aromatic nitrogens is 1. The molecule has 2 aliphatic rings. The van der Waals surface area contributed by atoms with Crippen molar-refractivity contribution in [3.05, 3.63) is 41.1 Å². The molecule has 1 aliphatic carbocycles. The van der Waals surface area contributed by atoms with E-state index in [9.17, 15) is 18.5 Å². The molecule has 2 heterocycles. The second-order valence-electron chi connectivity index (χ2n) is 10.0. The monoisotopic (exact) mass is 509 g/mol. The Bertz CT molecular complexity index is 1280. The molecule has 36 heavy (non-hydrogen) atoms. The molecule has 9 heteroatoms. The summed E-state index contributed by atoms with van der Waals surface area (Å²) in [6, 6.07) is 9.69. The zero-order valence-electron chi connectivity index (χ0n) is 21.5. The number of anilines is 2. The van der Waals surface area contributed by atoms with Crippen molar-refractivity contribution in [3.63, 3.8) is 0 Å². The number of carbonyl (C=O) groups is 1. The Morgan fingerprint density at radius 3 is 2.47 bits per heavy atom. The van der Waals surface area contributed by atoms with E-state index in [-0.39, 0.29) is 11.9 Å². The average molecular weight is 510 g/mol. The number of carbonyl (C=O) groups excluding carboxylic acids is 1. The molecule has 1 N–H and O–H groups in total. The number of unbranched alkanes of at least 4 members (excludes halogenated alkanes) is 1. The minimum Gasteiger partial charge on any atom is -0.352 e. The zero-order valence-corrected chi connectivity index (χ0v) is 22.4. The molecule has 2 aromatic rings. The molecular weight excluding hydrogens is 474 g/mol. The van der Waals surface area contributed by atoms with Crippen LogP contribution in [0.3, 0.4) is 0 Å². The van der Waals surface area contributed by atoms with Gasteiger partial charge in [0.2, 0.25) is 15.9 Å². The van der Waals surface area contributed by atoms with Gasteiger partial charge in [0.1, 0.15) is 11.9 Å². The molecule has 192 valence electrons. The molecule has 1 aliphatic heterocycles. The number of amides is 1. The molecule has 0 bridgehead atoms. The van der Waals surface area contributed by atoms with E-state index in [0.29, 0.717) is 49.0 Å². The summed E-state index contributed by atoms with van der Waals surface area (Å²) in [5.74, 6) is 1.27. The van der Waals surface area contributed by atoms with E-state index in [1.807, 2.05) is 24.0 Å². The van der Waals surface area contributed by atoms with Crippen LogP contribution in [0.1, 0.15) is 68.7 Å². The van der Waals surface area contributed by atoms with Gasteiger partial charge in [-0.2, -0.15) is 5.26 Å². The largest absolute Gasteiger partial charge is 0.352 e. The van der Waals surface area contributed by atoms with Crippen LogP contribution in [0.4, 0.5) is 11.5 Å². The lowest BCUT2D eigenvalue weighted by Gasteiger charge is -2.41. The maximum Gasteiger partial charge on any atom is 0.229 e. The molecule has 1 amide bonds. The highest BCUT2D eigenvalue weighted by atomic mass is 32.2. The topological polar surface area (TPSA) is 106 Å². The number of nitriles is 1. The number of rotatable bonds is 8. The minimum atomic E-state index is -3.36. The van der Waals surface area contributed by atoms with Crippen LogP contribution in [0.2, 0.25) is 0 Å². The third-order valence-electron chi connectivity index (χ3n) is 7.00. The third kappa shape index (κ3) is 5.65. The number of hydrogen-bond acceptors (Lipinski definition) is 6. The number of pyridine rings is 1. The maximum absolute atomic E-state index is 12.6. The predicted molar refractivity (Wildman–Crippen MR) is 142 cm³/mol. The molecule has 2 fully saturated rings. The summed E-state index contributed by atoms with van der Waals surface area (Å²) in [6.45, 7) is 8.06. The van der Waals surface area contributed by atoms with Gasteiger partial charge >= 0.3 is 0 Å². The zero-order chi connectivity index (χ0) is 26.0. The molecule has 1 saturated heterocycles. The van der Waals surface area contributed by atoms with Crippen molar-refractivity contribution in [1.29, 1.82) is 5.26 Å². The summed E-state index contributed by atoms with van der Waals surface area (Å²) in [7, 11) is -3.36. The van der Waals surface area contributed by atoms with E-state index < -0.39 is 10.0 Å². The number of hydrogen-bond donors (Lipinski definition) is 1. The number of benzene rings is 1. The second-order valence-corrected chi connectivity index (χ2v) is 11.8. The molecular formula is C27H35N5O3S. The van der Waals surface area contributed by atoms with Crippen LogP contribution in [0.5, 0.6) is 0 Å². The fraction of sp³-hybridized carbons (Fsp3) is 0.519. The Morgan fingerprint density at radius 2 is 1.92 bits per heavy atom. The fourth-order valence-corrected chi connectivity index (χ4v) is 5.57. The van der Waals surface area contributed by atoms with Gasteiger partial charge in [-0.05, 0) is 56.4 Å². The normalized spacial score (nSPS) is 18.1. The van der Waals surface area contributed by atoms with Gasteiger partial charge in [0.05, 0.1) is 17.5 Å². The summed E-state index contributed by atoms with van der Waals surface area (Å²) < 4.78 is 25.6. The first-order chi connectivity index (χ1) is 17.1. The van der Waals surface area contributed by atoms with E-state index in [4.69, 9.17) is 4.98 Å². The van der Waals surface area contributed by atoms with Crippen molar-refractivity contribution in [2.45, 2.75) is 64.8 Å². The van der Waals surface area contributed by atoms with Crippen molar-refractivity contribution in [2.24, 2.45) is 0 Å². The molecule has 8 nitrogen and oxygen atoms in total. The first kappa shape index (κ1) is 26.0. The molecule has 1 unspecified atom stereocenters. The van der Waals surface area contributed by atoms with Gasteiger partial charge in [0, 0.05) is 49.3 Å². The first-order valence-corrected chi connectivity index (χ1v) is 14.6. The highest BCUT2D eigenvalue weighted by Crippen LogP contribution is 2.46. The van der Waals surface area contributed by atoms with Crippen molar-refractivity contribution in [1.82, 2.24) is 9.88 Å². The highest BCUT2D eigenvalue weighted by molar-refractivity contribution is 7.92. The molecule has 1 aromatic carbocycles. The molecule has 1 saturated carbocycles. The van der Waals surface area contributed by atoms with Crippen LogP contribution in [0.25, 0.3) is 11.1 Å². The van der Waals surface area contributed by atoms with Crippen LogP contribution < -0.4 is 9.62 Å². The summed E-state index contributed by atoms with van der Waals surface area (Å²) in [5.41, 5.74) is 4.83. The summed E-state index contributed by atoms with van der Waals surface area (Å²) >= 11 is 0. The Morgan fingerprint density at radius 1 is 1.22 bits per heavy atom. The van der Waals surface area contributed by atoms with Gasteiger partial charge in [0.25, 0.3) is 0 Å². The van der Waals surface area contributed by atoms with Crippen molar-refractivity contribution < 1.29 is 13.2 Å². The Hall–Kier alpha value is -3.12. The molecule has 0 radical (unpaired) electrons. The number of sulfonamides is 1. The Balaban J connectivity index is 1.66. The van der Waals surface area contributed by atoms with Crippen molar-refractivity contribution >= 4 is 27.4 Å². The van der Waals surface area contributed by atoms with Gasteiger partial charge in [-0.25, -0.2) is 13.4 Å². The fourth-order valence-electron chi connectivity index (χ4n) is 5.00. The standard InChI is InChI=1S/C27H35N5O3S/c1-5-6-7-24(33)32-15-14-31(17-18(32)2)27-23(16-28)19(3)25(26(29-27)21-8-9-21)20-10-12-22(13-11-20)30-36(4,34)35/h10-13,18,21,30H,5-9,14-15,17H2,1-4H3. The van der Waals surface area contributed by atoms with Crippen LogP contribution in [-0.2, 0) is 14.8 Å². The first-order valence-electron chi connectivity index (χ1n) is 12.7. The highest BCUT2D eigenvalue weighted by Gasteiger charge is 2.34. The number of nitrogens with one attached hydrogen (secondary N) is 1. The summed E-state index contributed by atoms with van der Waals surface area (Å²) in [4.78, 5) is 21.9. The number of piperazine rings is 1. The summed E-state index contributed by atoms with van der Waals surface area (Å²) in [6.07, 6.45) is 5.74. The third-order valence-corrected chi connectivity index (χ3v) is 7.61. The van der Waals surface area contributed by atoms with Crippen LogP contribution in [0.15, 0.2) is 24.3 Å². The van der Waals surface area contributed by atoms with Crippen LogP contribution in [-0.4, -0.2) is 56.1 Å². The molecule has 1 aromatic heterocycles. The number of nitrogens with zero attached hydrogens (tertiary/aromatic N) is 4. The lowest BCUT2D eigenvalue weighted by Crippen LogP contribution is -2.54. The molecule has 1 atom stereocenters. The van der Waals surface area contributed by atoms with Crippen LogP contribution >= 0.6 is 0 Å². The van der Waals surface area contributed by atoms with Gasteiger partial charge in [-0.15, -0.1) is 0 Å². The summed E-state index contributed by atoms with van der Waals surface area (Å²) in [5, 5.41) is 10.2. The average Bonchev–Trinajstić information content (AvgIpc) is 3.67. The minimum absolute atomic E-state index is 0.0516. The van der Waals surface area contributed by atoms with E-state index >= 15 is 0 Å². The lowest BCUT2D eigenvalue weighted by atomic mass is 9.93. The smallest absolute Gasteiger partial charge is 0.229 e. The second kappa shape index (κ2) is 10.5. The van der Waals surface area contributed by atoms with Gasteiger partial charge in [-0.3, -0.25) is 9.52 Å². The van der Waals surface area contributed by atoms with Gasteiger partial charge in [-0.1, -0.05) is 25.5 Å². The quantitative estimate of drug-likeness (QED) is 0.565. The van der Waals surface area contributed by atoms with Gasteiger partial charge < -0.3 is 9.80 Å². The SMILES string of the molecule is CCCCC(=O)N1CCN(c2nc(C3CC3)c(-c3ccc(NS(C)(=O)=O)cc3)c(C)c2C#N)CC1C.